The number of esters is 1. The first-order valence-electron chi connectivity index (χ1n) is 11.6. The van der Waals surface area contributed by atoms with Crippen LogP contribution in [0.25, 0.3) is 0 Å². The van der Waals surface area contributed by atoms with Gasteiger partial charge in [-0.1, -0.05) is 48.9 Å². The van der Waals surface area contributed by atoms with E-state index in [4.69, 9.17) is 10.5 Å². The first-order chi connectivity index (χ1) is 15.7. The van der Waals surface area contributed by atoms with Crippen molar-refractivity contribution in [3.05, 3.63) is 65.7 Å². The van der Waals surface area contributed by atoms with Gasteiger partial charge in [-0.25, -0.2) is 0 Å². The van der Waals surface area contributed by atoms with E-state index in [2.05, 4.69) is 16.9 Å². The molecule has 0 aliphatic carbocycles. The van der Waals surface area contributed by atoms with Gasteiger partial charge >= 0.3 is 12.3 Å². The number of nitrogens with two attached hydrogens (primary N) is 1. The summed E-state index contributed by atoms with van der Waals surface area (Å²) in [4.78, 5) is 12.3. The summed E-state index contributed by atoms with van der Waals surface area (Å²) in [5, 5.41) is 0. The molecule has 3 rings (SSSR count). The third kappa shape index (κ3) is 8.07. The van der Waals surface area contributed by atoms with Crippen LogP contribution in [0.4, 0.5) is 13.2 Å². The van der Waals surface area contributed by atoms with Crippen molar-refractivity contribution in [1.29, 1.82) is 0 Å². The van der Waals surface area contributed by atoms with Gasteiger partial charge in [0.25, 0.3) is 0 Å². The minimum absolute atomic E-state index is 0.0457. The third-order valence-corrected chi connectivity index (χ3v) is 6.41. The van der Waals surface area contributed by atoms with Crippen LogP contribution in [0.3, 0.4) is 0 Å². The van der Waals surface area contributed by atoms with Gasteiger partial charge in [-0.2, -0.15) is 0 Å². The Kier molecular flexibility index (Phi) is 8.78. The molecule has 4 atom stereocenters. The first kappa shape index (κ1) is 25.1. The predicted octanol–water partition coefficient (Wildman–Crippen LogP) is 5.83. The topological polar surface area (TPSA) is 61.5 Å². The Hall–Kier alpha value is -2.54. The van der Waals surface area contributed by atoms with Crippen molar-refractivity contribution in [3.63, 3.8) is 0 Å². The molecule has 1 aliphatic heterocycles. The normalized spacial score (nSPS) is 24.3. The summed E-state index contributed by atoms with van der Waals surface area (Å²) in [5.74, 6) is -0.269. The highest BCUT2D eigenvalue weighted by atomic mass is 19.4. The Labute approximate surface area is 193 Å². The number of carbonyl (C=O) groups excluding carboxylic acids is 1. The Morgan fingerprint density at radius 3 is 2.39 bits per heavy atom. The lowest BCUT2D eigenvalue weighted by molar-refractivity contribution is -0.274. The summed E-state index contributed by atoms with van der Waals surface area (Å²) in [7, 11) is 0. The molecule has 7 heteroatoms. The van der Waals surface area contributed by atoms with E-state index in [0.29, 0.717) is 18.8 Å². The maximum Gasteiger partial charge on any atom is 0.573 e. The van der Waals surface area contributed by atoms with Crippen molar-refractivity contribution in [1.82, 2.24) is 0 Å². The molecule has 2 N–H and O–H groups in total. The van der Waals surface area contributed by atoms with Gasteiger partial charge in [0.2, 0.25) is 0 Å². The molecule has 0 radical (unpaired) electrons. The molecule has 0 amide bonds. The van der Waals surface area contributed by atoms with Crippen LogP contribution in [0.15, 0.2) is 54.6 Å². The molecule has 0 spiro atoms. The van der Waals surface area contributed by atoms with Gasteiger partial charge in [0, 0.05) is 5.92 Å². The molecule has 4 nitrogen and oxygen atoms in total. The molecule has 0 saturated carbocycles. The summed E-state index contributed by atoms with van der Waals surface area (Å²) in [6.45, 7) is 1.89. The van der Waals surface area contributed by atoms with E-state index in [0.717, 1.165) is 37.7 Å². The van der Waals surface area contributed by atoms with E-state index in [9.17, 15) is 18.0 Å². The van der Waals surface area contributed by atoms with Gasteiger partial charge in [-0.05, 0) is 74.6 Å². The monoisotopic (exact) mass is 463 g/mol. The lowest BCUT2D eigenvalue weighted by Gasteiger charge is -2.31. The molecule has 0 aromatic heterocycles. The summed E-state index contributed by atoms with van der Waals surface area (Å²) in [5.41, 5.74) is 8.16. The van der Waals surface area contributed by atoms with Gasteiger partial charge in [0.1, 0.15) is 17.9 Å². The van der Waals surface area contributed by atoms with Crippen molar-refractivity contribution < 1.29 is 27.4 Å². The SMILES string of the molecule is CC1OC(=O)C(N)CCCC(CCCc2ccccc2)C1Cc1ccc(OC(F)(F)F)cc1. The fraction of sp³-hybridized carbons (Fsp3) is 0.500. The van der Waals surface area contributed by atoms with Crippen molar-refractivity contribution in [2.24, 2.45) is 17.6 Å². The highest BCUT2D eigenvalue weighted by Gasteiger charge is 2.33. The second-order valence-corrected chi connectivity index (χ2v) is 8.88. The van der Waals surface area contributed by atoms with E-state index >= 15 is 0 Å². The van der Waals surface area contributed by atoms with Gasteiger partial charge in [0.05, 0.1) is 0 Å². The number of halogens is 3. The molecule has 2 aromatic rings. The lowest BCUT2D eigenvalue weighted by Crippen LogP contribution is -2.37. The molecule has 2 aromatic carbocycles. The number of hydrogen-bond donors (Lipinski definition) is 1. The fourth-order valence-corrected chi connectivity index (χ4v) is 4.68. The molecule has 0 bridgehead atoms. The van der Waals surface area contributed by atoms with Crippen molar-refractivity contribution >= 4 is 5.97 Å². The van der Waals surface area contributed by atoms with Crippen LogP contribution in [0.5, 0.6) is 5.75 Å². The quantitative estimate of drug-likeness (QED) is 0.525. The third-order valence-electron chi connectivity index (χ3n) is 6.41. The van der Waals surface area contributed by atoms with Crippen LogP contribution in [-0.2, 0) is 22.4 Å². The summed E-state index contributed by atoms with van der Waals surface area (Å²) in [6, 6.07) is 15.6. The van der Waals surface area contributed by atoms with Crippen molar-refractivity contribution in [3.8, 4) is 5.75 Å². The van der Waals surface area contributed by atoms with E-state index in [-0.39, 0.29) is 23.7 Å². The lowest BCUT2D eigenvalue weighted by atomic mass is 9.77. The van der Waals surface area contributed by atoms with E-state index < -0.39 is 12.4 Å². The molecule has 1 aliphatic rings. The maximum absolute atomic E-state index is 12.5. The molecule has 1 heterocycles. The minimum atomic E-state index is -4.72. The van der Waals surface area contributed by atoms with Gasteiger partial charge in [-0.15, -0.1) is 13.2 Å². The molecule has 1 fully saturated rings. The van der Waals surface area contributed by atoms with Gasteiger partial charge in [-0.3, -0.25) is 4.79 Å². The maximum atomic E-state index is 12.5. The second kappa shape index (κ2) is 11.5. The number of alkyl halides is 3. The van der Waals surface area contributed by atoms with Crippen LogP contribution >= 0.6 is 0 Å². The van der Waals surface area contributed by atoms with Crippen LogP contribution in [0.2, 0.25) is 0 Å². The Bertz CT molecular complexity index is 871. The number of rotatable bonds is 7. The van der Waals surface area contributed by atoms with Gasteiger partial charge in [0.15, 0.2) is 0 Å². The number of ether oxygens (including phenoxy) is 2. The largest absolute Gasteiger partial charge is 0.573 e. The van der Waals surface area contributed by atoms with Crippen molar-refractivity contribution in [2.75, 3.05) is 0 Å². The van der Waals surface area contributed by atoms with Crippen LogP contribution < -0.4 is 10.5 Å². The smallest absolute Gasteiger partial charge is 0.461 e. The second-order valence-electron chi connectivity index (χ2n) is 8.88. The Balaban J connectivity index is 1.73. The number of cyclic esters (lactones) is 1. The molecule has 4 unspecified atom stereocenters. The highest BCUT2D eigenvalue weighted by Crippen LogP contribution is 2.34. The zero-order valence-electron chi connectivity index (χ0n) is 18.9. The highest BCUT2D eigenvalue weighted by molar-refractivity contribution is 5.75. The zero-order chi connectivity index (χ0) is 23.8. The Morgan fingerprint density at radius 2 is 1.73 bits per heavy atom. The molecular weight excluding hydrogens is 431 g/mol. The number of carbonyl (C=O) groups is 1. The molecule has 33 heavy (non-hydrogen) atoms. The average Bonchev–Trinajstić information content (AvgIpc) is 2.81. The summed E-state index contributed by atoms with van der Waals surface area (Å²) >= 11 is 0. The van der Waals surface area contributed by atoms with E-state index in [1.165, 1.54) is 17.7 Å². The van der Waals surface area contributed by atoms with Crippen LogP contribution in [0.1, 0.15) is 50.2 Å². The zero-order valence-corrected chi connectivity index (χ0v) is 18.9. The fourth-order valence-electron chi connectivity index (χ4n) is 4.68. The number of hydrogen-bond acceptors (Lipinski definition) is 4. The number of aryl methyl sites for hydroxylation is 1. The molecule has 1 saturated heterocycles. The standard InChI is InChI=1S/C26H32F3NO3/c1-18-23(17-20-13-15-22(16-14-20)33-26(27,28)29)21(11-6-12-24(30)25(31)32-18)10-5-9-19-7-3-2-4-8-19/h2-4,7-8,13-16,18,21,23-24H,5-6,9-12,17,30H2,1H3. The van der Waals surface area contributed by atoms with Gasteiger partial charge < -0.3 is 15.2 Å². The summed E-state index contributed by atoms with van der Waals surface area (Å²) in [6.07, 6.45) is 0.878. The molecule has 180 valence electrons. The van der Waals surface area contributed by atoms with Crippen molar-refractivity contribution in [2.45, 2.75) is 70.4 Å². The van der Waals surface area contributed by atoms with Crippen LogP contribution in [0, 0.1) is 11.8 Å². The van der Waals surface area contributed by atoms with Crippen LogP contribution in [-0.4, -0.2) is 24.5 Å². The minimum Gasteiger partial charge on any atom is -0.461 e. The summed E-state index contributed by atoms with van der Waals surface area (Å²) < 4.78 is 47.1. The predicted molar refractivity (Wildman–Crippen MR) is 121 cm³/mol. The van der Waals surface area contributed by atoms with E-state index in [1.54, 1.807) is 12.1 Å². The van der Waals surface area contributed by atoms with E-state index in [1.807, 2.05) is 25.1 Å². The number of benzene rings is 2. The Morgan fingerprint density at radius 1 is 1.03 bits per heavy atom. The first-order valence-corrected chi connectivity index (χ1v) is 11.6. The average molecular weight is 464 g/mol. The molecular formula is C26H32F3NO3.